The molecule has 2 aromatic rings. The van der Waals surface area contributed by atoms with Crippen molar-refractivity contribution in [3.8, 4) is 0 Å². The van der Waals surface area contributed by atoms with E-state index < -0.39 is 10.0 Å². The fourth-order valence-electron chi connectivity index (χ4n) is 2.70. The SMILES string of the molecule is CCCC(NC(=O)c1ccc(S(=O)(=O)NC(C)C)cc1)c1ccccc1. The van der Waals surface area contributed by atoms with E-state index in [1.807, 2.05) is 30.3 Å². The standard InChI is InChI=1S/C20H26N2O3S/c1-4-8-19(16-9-6-5-7-10-16)21-20(23)17-11-13-18(14-12-17)26(24,25)22-15(2)3/h5-7,9-15,19,22H,4,8H2,1-3H3,(H,21,23). The lowest BCUT2D eigenvalue weighted by Crippen LogP contribution is -2.30. The van der Waals surface area contributed by atoms with E-state index in [9.17, 15) is 13.2 Å². The molecule has 2 rings (SSSR count). The van der Waals surface area contributed by atoms with Gasteiger partial charge in [-0.2, -0.15) is 0 Å². The highest BCUT2D eigenvalue weighted by Gasteiger charge is 2.18. The predicted molar refractivity (Wildman–Crippen MR) is 103 cm³/mol. The van der Waals surface area contributed by atoms with Crippen LogP contribution in [0.1, 0.15) is 55.6 Å². The second-order valence-electron chi connectivity index (χ2n) is 6.53. The van der Waals surface area contributed by atoms with E-state index in [1.165, 1.54) is 24.3 Å². The smallest absolute Gasteiger partial charge is 0.251 e. The molecule has 140 valence electrons. The minimum Gasteiger partial charge on any atom is -0.345 e. The Hall–Kier alpha value is -2.18. The van der Waals surface area contributed by atoms with Crippen LogP contribution < -0.4 is 10.0 Å². The normalized spacial score (nSPS) is 12.8. The van der Waals surface area contributed by atoms with Crippen LogP contribution in [0.15, 0.2) is 59.5 Å². The van der Waals surface area contributed by atoms with Crippen molar-refractivity contribution < 1.29 is 13.2 Å². The first kappa shape index (κ1) is 20.1. The summed E-state index contributed by atoms with van der Waals surface area (Å²) < 4.78 is 26.8. The van der Waals surface area contributed by atoms with Crippen LogP contribution in [0.3, 0.4) is 0 Å². The Bertz CT molecular complexity index is 816. The summed E-state index contributed by atoms with van der Waals surface area (Å²) in [6, 6.07) is 15.6. The summed E-state index contributed by atoms with van der Waals surface area (Å²) >= 11 is 0. The van der Waals surface area contributed by atoms with Gasteiger partial charge in [0.25, 0.3) is 5.91 Å². The van der Waals surface area contributed by atoms with Crippen LogP contribution in [0.4, 0.5) is 0 Å². The summed E-state index contributed by atoms with van der Waals surface area (Å²) in [6.45, 7) is 5.59. The second-order valence-corrected chi connectivity index (χ2v) is 8.24. The highest BCUT2D eigenvalue weighted by atomic mass is 32.2. The number of rotatable bonds is 8. The van der Waals surface area contributed by atoms with Crippen molar-refractivity contribution in [1.82, 2.24) is 10.0 Å². The van der Waals surface area contributed by atoms with Gasteiger partial charge in [0.1, 0.15) is 0 Å². The average molecular weight is 375 g/mol. The summed E-state index contributed by atoms with van der Waals surface area (Å²) in [6.07, 6.45) is 1.78. The molecule has 2 aromatic carbocycles. The molecule has 2 N–H and O–H groups in total. The third-order valence-electron chi connectivity index (χ3n) is 3.90. The molecule has 0 aromatic heterocycles. The number of nitrogens with one attached hydrogen (secondary N) is 2. The fourth-order valence-corrected chi connectivity index (χ4v) is 3.95. The predicted octanol–water partition coefficient (Wildman–Crippen LogP) is 3.64. The van der Waals surface area contributed by atoms with Crippen molar-refractivity contribution in [1.29, 1.82) is 0 Å². The summed E-state index contributed by atoms with van der Waals surface area (Å²) in [5.41, 5.74) is 1.49. The highest BCUT2D eigenvalue weighted by molar-refractivity contribution is 7.89. The molecule has 1 amide bonds. The Labute approximate surface area is 155 Å². The van der Waals surface area contributed by atoms with Gasteiger partial charge in [0.05, 0.1) is 10.9 Å². The number of amides is 1. The van der Waals surface area contributed by atoms with Crippen LogP contribution in [0.5, 0.6) is 0 Å². The maximum atomic E-state index is 12.6. The van der Waals surface area contributed by atoms with Gasteiger partial charge in [0.15, 0.2) is 0 Å². The molecule has 26 heavy (non-hydrogen) atoms. The van der Waals surface area contributed by atoms with E-state index in [1.54, 1.807) is 13.8 Å². The van der Waals surface area contributed by atoms with Crippen molar-refractivity contribution in [2.45, 2.75) is 50.6 Å². The molecule has 5 nitrogen and oxygen atoms in total. The Balaban J connectivity index is 2.14. The molecule has 0 saturated heterocycles. The average Bonchev–Trinajstić information content (AvgIpc) is 2.61. The van der Waals surface area contributed by atoms with Gasteiger partial charge in [-0.1, -0.05) is 43.7 Å². The number of benzene rings is 2. The quantitative estimate of drug-likeness (QED) is 0.741. The van der Waals surface area contributed by atoms with Gasteiger partial charge in [0, 0.05) is 11.6 Å². The molecule has 0 aliphatic rings. The topological polar surface area (TPSA) is 75.3 Å². The molecule has 0 bridgehead atoms. The maximum Gasteiger partial charge on any atom is 0.251 e. The van der Waals surface area contributed by atoms with Crippen LogP contribution in [0, 0.1) is 0 Å². The van der Waals surface area contributed by atoms with Crippen LogP contribution in [-0.4, -0.2) is 20.4 Å². The van der Waals surface area contributed by atoms with Crippen molar-refractivity contribution in [2.75, 3.05) is 0 Å². The van der Waals surface area contributed by atoms with Crippen molar-refractivity contribution in [2.24, 2.45) is 0 Å². The van der Waals surface area contributed by atoms with Gasteiger partial charge < -0.3 is 5.32 Å². The minimum absolute atomic E-state index is 0.0697. The number of carbonyl (C=O) groups excluding carboxylic acids is 1. The van der Waals surface area contributed by atoms with Crippen molar-refractivity contribution in [3.05, 3.63) is 65.7 Å². The number of hydrogen-bond donors (Lipinski definition) is 2. The summed E-state index contributed by atoms with van der Waals surface area (Å²) in [5.74, 6) is -0.215. The highest BCUT2D eigenvalue weighted by Crippen LogP contribution is 2.19. The molecule has 1 atom stereocenters. The Morgan fingerprint density at radius 2 is 1.62 bits per heavy atom. The molecule has 0 heterocycles. The van der Waals surface area contributed by atoms with E-state index in [2.05, 4.69) is 17.0 Å². The van der Waals surface area contributed by atoms with E-state index in [4.69, 9.17) is 0 Å². The number of hydrogen-bond acceptors (Lipinski definition) is 3. The Morgan fingerprint density at radius 3 is 2.15 bits per heavy atom. The van der Waals surface area contributed by atoms with E-state index in [-0.39, 0.29) is 22.9 Å². The molecule has 0 saturated carbocycles. The van der Waals surface area contributed by atoms with Gasteiger partial charge in [-0.3, -0.25) is 4.79 Å². The fraction of sp³-hybridized carbons (Fsp3) is 0.350. The largest absolute Gasteiger partial charge is 0.345 e. The molecule has 0 radical (unpaired) electrons. The third-order valence-corrected chi connectivity index (χ3v) is 5.58. The molecular formula is C20H26N2O3S. The van der Waals surface area contributed by atoms with Gasteiger partial charge in [0.2, 0.25) is 10.0 Å². The lowest BCUT2D eigenvalue weighted by molar-refractivity contribution is 0.0934. The van der Waals surface area contributed by atoms with Crippen LogP contribution in [-0.2, 0) is 10.0 Å². The van der Waals surface area contributed by atoms with Crippen LogP contribution in [0.2, 0.25) is 0 Å². The summed E-state index contributed by atoms with van der Waals surface area (Å²) in [4.78, 5) is 12.7. The van der Waals surface area contributed by atoms with Crippen molar-refractivity contribution in [3.63, 3.8) is 0 Å². The van der Waals surface area contributed by atoms with E-state index in [0.29, 0.717) is 5.56 Å². The Morgan fingerprint density at radius 1 is 1.00 bits per heavy atom. The van der Waals surface area contributed by atoms with Crippen LogP contribution in [0.25, 0.3) is 0 Å². The molecule has 0 aliphatic carbocycles. The summed E-state index contributed by atoms with van der Waals surface area (Å²) in [7, 11) is -3.56. The zero-order valence-corrected chi connectivity index (χ0v) is 16.2. The lowest BCUT2D eigenvalue weighted by Gasteiger charge is -2.19. The number of carbonyl (C=O) groups is 1. The maximum absolute atomic E-state index is 12.6. The zero-order valence-electron chi connectivity index (χ0n) is 15.4. The van der Waals surface area contributed by atoms with Crippen LogP contribution >= 0.6 is 0 Å². The molecule has 1 unspecified atom stereocenters. The van der Waals surface area contributed by atoms with Crippen molar-refractivity contribution >= 4 is 15.9 Å². The first-order chi connectivity index (χ1) is 12.3. The molecule has 6 heteroatoms. The second kappa shape index (κ2) is 8.96. The van der Waals surface area contributed by atoms with Gasteiger partial charge in [-0.25, -0.2) is 13.1 Å². The van der Waals surface area contributed by atoms with E-state index in [0.717, 1.165) is 18.4 Å². The summed E-state index contributed by atoms with van der Waals surface area (Å²) in [5, 5.41) is 3.04. The third kappa shape index (κ3) is 5.41. The molecule has 0 fully saturated rings. The number of sulfonamides is 1. The van der Waals surface area contributed by atoms with Gasteiger partial charge >= 0.3 is 0 Å². The minimum atomic E-state index is -3.56. The monoisotopic (exact) mass is 374 g/mol. The van der Waals surface area contributed by atoms with Gasteiger partial charge in [-0.15, -0.1) is 0 Å². The first-order valence-corrected chi connectivity index (χ1v) is 10.3. The lowest BCUT2D eigenvalue weighted by atomic mass is 10.0. The van der Waals surface area contributed by atoms with Gasteiger partial charge in [-0.05, 0) is 50.1 Å². The first-order valence-electron chi connectivity index (χ1n) is 8.81. The molecule has 0 aliphatic heterocycles. The molecule has 0 spiro atoms. The van der Waals surface area contributed by atoms with E-state index >= 15 is 0 Å². The zero-order chi connectivity index (χ0) is 19.2. The molecular weight excluding hydrogens is 348 g/mol. The Kier molecular flexibility index (Phi) is 6.94.